The van der Waals surface area contributed by atoms with E-state index in [-0.39, 0.29) is 18.7 Å². The fourth-order valence-electron chi connectivity index (χ4n) is 2.90. The van der Waals surface area contributed by atoms with Crippen LogP contribution in [-0.4, -0.2) is 68.7 Å². The van der Waals surface area contributed by atoms with Crippen molar-refractivity contribution in [3.63, 3.8) is 0 Å². The number of fused-ring (bicyclic) bond motifs is 1. The molecule has 2 aliphatic rings. The number of carbonyl (C=O) groups excluding carboxylic acids is 2. The second kappa shape index (κ2) is 8.20. The van der Waals surface area contributed by atoms with Crippen LogP contribution in [0.4, 0.5) is 15.3 Å². The van der Waals surface area contributed by atoms with Gasteiger partial charge in [-0.25, -0.2) is 9.59 Å². The Bertz CT molecular complexity index is 664. The van der Waals surface area contributed by atoms with Crippen molar-refractivity contribution in [3.05, 3.63) is 42.5 Å². The molecule has 26 heavy (non-hydrogen) atoms. The molecule has 3 amide bonds. The molecular weight excluding hydrogens is 338 g/mol. The van der Waals surface area contributed by atoms with Gasteiger partial charge < -0.3 is 24.4 Å². The van der Waals surface area contributed by atoms with Crippen LogP contribution in [-0.2, 0) is 14.2 Å². The fraction of sp³-hybridized carbons (Fsp3) is 0.444. The molecule has 0 bridgehead atoms. The van der Waals surface area contributed by atoms with Crippen molar-refractivity contribution in [2.75, 3.05) is 32.6 Å². The molecule has 2 N–H and O–H groups in total. The quantitative estimate of drug-likeness (QED) is 0.795. The van der Waals surface area contributed by atoms with Gasteiger partial charge in [-0.1, -0.05) is 30.4 Å². The van der Waals surface area contributed by atoms with Gasteiger partial charge in [-0.15, -0.1) is 0 Å². The Morgan fingerprint density at radius 2 is 2.04 bits per heavy atom. The first kappa shape index (κ1) is 18.2. The maximum absolute atomic E-state index is 12.3. The molecule has 0 aromatic heterocycles. The molecule has 0 saturated carbocycles. The van der Waals surface area contributed by atoms with Gasteiger partial charge in [0.05, 0.1) is 6.61 Å². The number of urea groups is 1. The van der Waals surface area contributed by atoms with Gasteiger partial charge in [0.15, 0.2) is 6.10 Å². The molecule has 3 rings (SSSR count). The lowest BCUT2D eigenvalue weighted by Crippen LogP contribution is -2.46. The number of benzene rings is 1. The third-order valence-corrected chi connectivity index (χ3v) is 4.18. The highest BCUT2D eigenvalue weighted by molar-refractivity contribution is 5.84. The third-order valence-electron chi connectivity index (χ3n) is 4.18. The molecule has 0 unspecified atom stereocenters. The van der Waals surface area contributed by atoms with Gasteiger partial charge in [0.1, 0.15) is 18.3 Å². The molecule has 0 aliphatic carbocycles. The summed E-state index contributed by atoms with van der Waals surface area (Å²) in [6, 6.07) is 8.79. The molecule has 1 aromatic carbocycles. The summed E-state index contributed by atoms with van der Waals surface area (Å²) in [7, 11) is 3.30. The van der Waals surface area contributed by atoms with Crippen molar-refractivity contribution in [2.45, 2.75) is 24.4 Å². The van der Waals surface area contributed by atoms with E-state index in [4.69, 9.17) is 14.2 Å². The van der Waals surface area contributed by atoms with Crippen molar-refractivity contribution in [1.29, 1.82) is 0 Å². The first-order chi connectivity index (χ1) is 12.5. The van der Waals surface area contributed by atoms with E-state index in [9.17, 15) is 9.59 Å². The van der Waals surface area contributed by atoms with E-state index in [1.54, 1.807) is 26.2 Å². The average Bonchev–Trinajstić information content (AvgIpc) is 2.98. The first-order valence-electron chi connectivity index (χ1n) is 8.46. The number of para-hydroxylation sites is 1. The third kappa shape index (κ3) is 4.33. The second-order valence-corrected chi connectivity index (χ2v) is 6.31. The van der Waals surface area contributed by atoms with Gasteiger partial charge in [-0.3, -0.25) is 5.32 Å². The highest BCUT2D eigenvalue weighted by Crippen LogP contribution is 2.29. The van der Waals surface area contributed by atoms with E-state index in [2.05, 4.69) is 10.6 Å². The van der Waals surface area contributed by atoms with Crippen molar-refractivity contribution >= 4 is 17.8 Å². The molecule has 1 aromatic rings. The summed E-state index contributed by atoms with van der Waals surface area (Å²) < 4.78 is 17.2. The van der Waals surface area contributed by atoms with Gasteiger partial charge in [-0.2, -0.15) is 0 Å². The molecule has 8 heteroatoms. The molecular formula is C18H23N3O5. The van der Waals surface area contributed by atoms with Crippen LogP contribution in [0.25, 0.3) is 0 Å². The van der Waals surface area contributed by atoms with Crippen LogP contribution in [0, 0.1) is 0 Å². The number of nitrogens with zero attached hydrogens (tertiary/aromatic N) is 1. The summed E-state index contributed by atoms with van der Waals surface area (Å²) in [4.78, 5) is 25.5. The Morgan fingerprint density at radius 1 is 1.27 bits per heavy atom. The minimum atomic E-state index is -0.629. The number of rotatable bonds is 4. The van der Waals surface area contributed by atoms with Crippen LogP contribution in [0.5, 0.6) is 0 Å². The van der Waals surface area contributed by atoms with Gasteiger partial charge in [0.2, 0.25) is 0 Å². The van der Waals surface area contributed by atoms with E-state index < -0.39 is 24.4 Å². The van der Waals surface area contributed by atoms with Gasteiger partial charge in [0, 0.05) is 26.3 Å². The van der Waals surface area contributed by atoms with Crippen LogP contribution in [0.2, 0.25) is 0 Å². The van der Waals surface area contributed by atoms with Crippen LogP contribution in [0.1, 0.15) is 0 Å². The molecule has 0 radical (unpaired) electrons. The maximum atomic E-state index is 12.3. The smallest absolute Gasteiger partial charge is 0.412 e. The summed E-state index contributed by atoms with van der Waals surface area (Å²) in [5, 5.41) is 5.44. The lowest BCUT2D eigenvalue weighted by atomic mass is 10.1. The number of ether oxygens (including phenoxy) is 3. The minimum Gasteiger partial charge on any atom is -0.440 e. The molecule has 2 heterocycles. The molecule has 140 valence electrons. The number of amides is 3. The second-order valence-electron chi connectivity index (χ2n) is 6.31. The Hall–Kier alpha value is -2.58. The molecule has 0 spiro atoms. The zero-order valence-corrected chi connectivity index (χ0v) is 14.8. The number of hydrogen-bond acceptors (Lipinski definition) is 5. The summed E-state index contributed by atoms with van der Waals surface area (Å²) in [6.07, 6.45) is 1.33. The summed E-state index contributed by atoms with van der Waals surface area (Å²) in [5.74, 6) is 0. The Labute approximate surface area is 152 Å². The molecule has 2 aliphatic heterocycles. The van der Waals surface area contributed by atoms with E-state index in [0.717, 1.165) is 0 Å². The zero-order valence-electron chi connectivity index (χ0n) is 14.8. The monoisotopic (exact) mass is 361 g/mol. The number of anilines is 1. The van der Waals surface area contributed by atoms with E-state index in [1.165, 1.54) is 4.90 Å². The van der Waals surface area contributed by atoms with Crippen molar-refractivity contribution in [3.8, 4) is 0 Å². The summed E-state index contributed by atoms with van der Waals surface area (Å²) >= 11 is 0. The number of hydrogen-bond donors (Lipinski definition) is 2. The Balaban J connectivity index is 1.64. The van der Waals surface area contributed by atoms with Gasteiger partial charge >= 0.3 is 12.1 Å². The highest BCUT2D eigenvalue weighted by atomic mass is 16.6. The molecule has 8 nitrogen and oxygen atoms in total. The van der Waals surface area contributed by atoms with Crippen LogP contribution in [0.3, 0.4) is 0 Å². The maximum Gasteiger partial charge on any atom is 0.412 e. The molecule has 4 atom stereocenters. The first-order valence-corrected chi connectivity index (χ1v) is 8.46. The highest BCUT2D eigenvalue weighted by Gasteiger charge is 2.47. The average molecular weight is 361 g/mol. The van der Waals surface area contributed by atoms with Crippen molar-refractivity contribution < 1.29 is 23.8 Å². The van der Waals surface area contributed by atoms with E-state index in [1.807, 2.05) is 30.4 Å². The zero-order chi connectivity index (χ0) is 18.5. The SMILES string of the molecule is CN(C)C(=O)NC[C@H]1O[C@H]2C=CCO[C@H]2[C@@H]1OC(=O)Nc1ccccc1. The largest absolute Gasteiger partial charge is 0.440 e. The number of carbonyl (C=O) groups is 2. The normalized spacial score (nSPS) is 26.7. The predicted octanol–water partition coefficient (Wildman–Crippen LogP) is 1.60. The van der Waals surface area contributed by atoms with Gasteiger partial charge in [0.25, 0.3) is 0 Å². The summed E-state index contributed by atoms with van der Waals surface area (Å²) in [6.45, 7) is 0.645. The van der Waals surface area contributed by atoms with Crippen LogP contribution >= 0.6 is 0 Å². The van der Waals surface area contributed by atoms with Crippen LogP contribution < -0.4 is 10.6 Å². The van der Waals surface area contributed by atoms with Gasteiger partial charge in [-0.05, 0) is 12.1 Å². The molecule has 1 saturated heterocycles. The van der Waals surface area contributed by atoms with Crippen LogP contribution in [0.15, 0.2) is 42.5 Å². The number of nitrogens with one attached hydrogen (secondary N) is 2. The van der Waals surface area contributed by atoms with Crippen molar-refractivity contribution in [2.24, 2.45) is 0 Å². The predicted molar refractivity (Wildman–Crippen MR) is 95.0 cm³/mol. The van der Waals surface area contributed by atoms with E-state index >= 15 is 0 Å². The standard InChI is InChI=1S/C18H23N3O5/c1-21(2)17(22)19-11-14-16(15-13(25-14)9-6-10-24-15)26-18(23)20-12-7-4-3-5-8-12/h3-9,13-16H,10-11H2,1-2H3,(H,19,22)(H,20,23)/t13-,14+,15+,16+/m0/s1. The Morgan fingerprint density at radius 3 is 2.77 bits per heavy atom. The van der Waals surface area contributed by atoms with E-state index in [0.29, 0.717) is 12.3 Å². The van der Waals surface area contributed by atoms with Crippen molar-refractivity contribution in [1.82, 2.24) is 10.2 Å². The lowest BCUT2D eigenvalue weighted by molar-refractivity contribution is -0.0249. The lowest BCUT2D eigenvalue weighted by Gasteiger charge is -2.25. The topological polar surface area (TPSA) is 89.1 Å². The minimum absolute atomic E-state index is 0.213. The fourth-order valence-corrected chi connectivity index (χ4v) is 2.90. The molecule has 1 fully saturated rings. The summed E-state index contributed by atoms with van der Waals surface area (Å²) in [5.41, 5.74) is 0.634. The Kier molecular flexibility index (Phi) is 5.75.